The molecule has 0 radical (unpaired) electrons. The van der Waals surface area contributed by atoms with Crippen LogP contribution in [0.2, 0.25) is 5.02 Å². The fourth-order valence-electron chi connectivity index (χ4n) is 1.08. The van der Waals surface area contributed by atoms with E-state index in [0.29, 0.717) is 16.6 Å². The van der Waals surface area contributed by atoms with Crippen LogP contribution in [0.1, 0.15) is 0 Å². The number of nitrogens with one attached hydrogen (secondary N) is 1. The van der Waals surface area contributed by atoms with Crippen LogP contribution in [0.15, 0.2) is 16.6 Å². The predicted molar refractivity (Wildman–Crippen MR) is 60.9 cm³/mol. The van der Waals surface area contributed by atoms with Crippen molar-refractivity contribution < 1.29 is 4.74 Å². The molecule has 1 heterocycles. The molecule has 0 aliphatic carbocycles. The highest BCUT2D eigenvalue weighted by Crippen LogP contribution is 2.35. The van der Waals surface area contributed by atoms with Gasteiger partial charge in [-0.3, -0.25) is 0 Å². The van der Waals surface area contributed by atoms with Gasteiger partial charge in [-0.2, -0.15) is 0 Å². The summed E-state index contributed by atoms with van der Waals surface area (Å²) in [5.41, 5.74) is 0.854. The summed E-state index contributed by atoms with van der Waals surface area (Å²) < 4.78 is 6.19. The van der Waals surface area contributed by atoms with Crippen molar-refractivity contribution in [1.82, 2.24) is 0 Å². The SMILES string of the molecule is S=C1COc2cc(Cl)c(Br)cc2N1. The molecule has 0 amide bonds. The molecular weight excluding hydrogens is 274 g/mol. The average Bonchev–Trinajstić information content (AvgIpc) is 2.08. The third kappa shape index (κ3) is 1.80. The fourth-order valence-corrected chi connectivity index (χ4v) is 1.74. The van der Waals surface area contributed by atoms with Crippen molar-refractivity contribution in [1.29, 1.82) is 0 Å². The zero-order chi connectivity index (χ0) is 9.42. The van der Waals surface area contributed by atoms with Crippen molar-refractivity contribution >= 4 is 50.4 Å². The summed E-state index contributed by atoms with van der Waals surface area (Å²) in [4.78, 5) is 0.682. The molecule has 2 nitrogen and oxygen atoms in total. The summed E-state index contributed by atoms with van der Waals surface area (Å²) in [7, 11) is 0. The van der Waals surface area contributed by atoms with Gasteiger partial charge in [0.2, 0.25) is 0 Å². The first-order valence-electron chi connectivity index (χ1n) is 3.58. The molecule has 1 aliphatic heterocycles. The van der Waals surface area contributed by atoms with E-state index in [1.54, 1.807) is 6.07 Å². The molecule has 0 atom stereocenters. The van der Waals surface area contributed by atoms with E-state index in [1.807, 2.05) is 6.07 Å². The van der Waals surface area contributed by atoms with Gasteiger partial charge in [0.15, 0.2) is 0 Å². The molecular formula is C8H5BrClNOS. The fraction of sp³-hybridized carbons (Fsp3) is 0.125. The Morgan fingerprint density at radius 1 is 1.54 bits per heavy atom. The van der Waals surface area contributed by atoms with Crippen LogP contribution in [0.5, 0.6) is 5.75 Å². The van der Waals surface area contributed by atoms with Crippen LogP contribution in [0, 0.1) is 0 Å². The van der Waals surface area contributed by atoms with Gasteiger partial charge < -0.3 is 10.1 Å². The summed E-state index contributed by atoms with van der Waals surface area (Å²) >= 11 is 14.2. The van der Waals surface area contributed by atoms with Crippen molar-refractivity contribution in [2.45, 2.75) is 0 Å². The molecule has 0 unspecified atom stereocenters. The number of rotatable bonds is 0. The quantitative estimate of drug-likeness (QED) is 0.736. The molecule has 0 bridgehead atoms. The smallest absolute Gasteiger partial charge is 0.144 e. The molecule has 68 valence electrons. The molecule has 0 fully saturated rings. The average molecular weight is 279 g/mol. The van der Waals surface area contributed by atoms with Gasteiger partial charge in [0, 0.05) is 10.5 Å². The lowest BCUT2D eigenvalue weighted by Gasteiger charge is -2.20. The number of thiocarbonyl (C=S) groups is 1. The second kappa shape index (κ2) is 3.44. The highest BCUT2D eigenvalue weighted by Gasteiger charge is 2.14. The van der Waals surface area contributed by atoms with Crippen molar-refractivity contribution in [2.24, 2.45) is 0 Å². The van der Waals surface area contributed by atoms with Gasteiger partial charge in [-0.1, -0.05) is 23.8 Å². The molecule has 5 heteroatoms. The Morgan fingerprint density at radius 2 is 2.31 bits per heavy atom. The number of hydrogen-bond donors (Lipinski definition) is 1. The number of halogens is 2. The monoisotopic (exact) mass is 277 g/mol. The van der Waals surface area contributed by atoms with Crippen molar-refractivity contribution in [3.63, 3.8) is 0 Å². The van der Waals surface area contributed by atoms with Gasteiger partial charge in [0.05, 0.1) is 10.7 Å². The zero-order valence-electron chi connectivity index (χ0n) is 6.43. The van der Waals surface area contributed by atoms with E-state index in [4.69, 9.17) is 28.6 Å². The molecule has 0 aromatic heterocycles. The minimum absolute atomic E-state index is 0.417. The Kier molecular flexibility index (Phi) is 2.45. The Labute approximate surface area is 94.3 Å². The molecule has 0 saturated carbocycles. The standard InChI is InChI=1S/C8H5BrClNOS/c9-4-1-6-7(2-5(4)10)12-3-8(13)11-6/h1-2H,3H2,(H,11,13). The van der Waals surface area contributed by atoms with E-state index in [9.17, 15) is 0 Å². The Balaban J connectivity index is 2.49. The van der Waals surface area contributed by atoms with Gasteiger partial charge in [-0.05, 0) is 22.0 Å². The second-order valence-electron chi connectivity index (χ2n) is 2.60. The third-order valence-corrected chi connectivity index (χ3v) is 3.07. The van der Waals surface area contributed by atoms with Crippen LogP contribution in [0.25, 0.3) is 0 Å². The highest BCUT2D eigenvalue weighted by molar-refractivity contribution is 9.10. The van der Waals surface area contributed by atoms with Crippen LogP contribution in [-0.4, -0.2) is 11.6 Å². The highest BCUT2D eigenvalue weighted by atomic mass is 79.9. The molecule has 1 aromatic rings. The van der Waals surface area contributed by atoms with Gasteiger partial charge in [0.25, 0.3) is 0 Å². The molecule has 1 N–H and O–H groups in total. The van der Waals surface area contributed by atoms with E-state index in [1.165, 1.54) is 0 Å². The number of hydrogen-bond acceptors (Lipinski definition) is 2. The lowest BCUT2D eigenvalue weighted by atomic mass is 10.2. The molecule has 13 heavy (non-hydrogen) atoms. The topological polar surface area (TPSA) is 21.3 Å². The third-order valence-electron chi connectivity index (χ3n) is 1.66. The molecule has 2 rings (SSSR count). The zero-order valence-corrected chi connectivity index (χ0v) is 9.59. The molecule has 0 spiro atoms. The first-order chi connectivity index (χ1) is 6.16. The van der Waals surface area contributed by atoms with Crippen LogP contribution in [-0.2, 0) is 0 Å². The normalized spacial score (nSPS) is 14.5. The summed E-state index contributed by atoms with van der Waals surface area (Å²) in [6.45, 7) is 0.417. The van der Waals surface area contributed by atoms with Gasteiger partial charge in [-0.25, -0.2) is 0 Å². The maximum Gasteiger partial charge on any atom is 0.144 e. The maximum absolute atomic E-state index is 5.89. The van der Waals surface area contributed by atoms with E-state index < -0.39 is 0 Å². The minimum Gasteiger partial charge on any atom is -0.484 e. The van der Waals surface area contributed by atoms with E-state index in [0.717, 1.165) is 15.9 Å². The lowest BCUT2D eigenvalue weighted by molar-refractivity contribution is 0.375. The van der Waals surface area contributed by atoms with Crippen molar-refractivity contribution in [2.75, 3.05) is 11.9 Å². The van der Waals surface area contributed by atoms with Crippen LogP contribution < -0.4 is 10.1 Å². The summed E-state index contributed by atoms with van der Waals surface area (Å²) in [6.07, 6.45) is 0. The lowest BCUT2D eigenvalue weighted by Crippen LogP contribution is -2.23. The Hall–Kier alpha value is -0.320. The number of benzene rings is 1. The summed E-state index contributed by atoms with van der Waals surface area (Å²) in [6, 6.07) is 3.61. The number of anilines is 1. The summed E-state index contributed by atoms with van der Waals surface area (Å²) in [5.74, 6) is 0.738. The number of ether oxygens (including phenoxy) is 1. The predicted octanol–water partition coefficient (Wildman–Crippen LogP) is 3.23. The maximum atomic E-state index is 5.89. The first-order valence-corrected chi connectivity index (χ1v) is 5.16. The minimum atomic E-state index is 0.417. The van der Waals surface area contributed by atoms with Gasteiger partial charge in [0.1, 0.15) is 17.3 Å². The van der Waals surface area contributed by atoms with E-state index in [-0.39, 0.29) is 0 Å². The second-order valence-corrected chi connectivity index (χ2v) is 4.35. The van der Waals surface area contributed by atoms with Gasteiger partial charge in [-0.15, -0.1) is 0 Å². The van der Waals surface area contributed by atoms with Gasteiger partial charge >= 0.3 is 0 Å². The Morgan fingerprint density at radius 3 is 3.08 bits per heavy atom. The largest absolute Gasteiger partial charge is 0.484 e. The van der Waals surface area contributed by atoms with Crippen LogP contribution in [0.3, 0.4) is 0 Å². The Bertz CT molecular complexity index is 383. The molecule has 1 aliphatic rings. The van der Waals surface area contributed by atoms with E-state index in [2.05, 4.69) is 21.2 Å². The first kappa shape index (κ1) is 9.24. The summed E-state index contributed by atoms with van der Waals surface area (Å²) in [5, 5.41) is 3.68. The van der Waals surface area contributed by atoms with E-state index >= 15 is 0 Å². The van der Waals surface area contributed by atoms with Crippen molar-refractivity contribution in [3.8, 4) is 5.75 Å². The van der Waals surface area contributed by atoms with Crippen molar-refractivity contribution in [3.05, 3.63) is 21.6 Å². The number of fused-ring (bicyclic) bond motifs is 1. The molecule has 1 aromatic carbocycles. The molecule has 0 saturated heterocycles. The van der Waals surface area contributed by atoms with Crippen LogP contribution in [0.4, 0.5) is 5.69 Å². The van der Waals surface area contributed by atoms with Crippen LogP contribution >= 0.6 is 39.7 Å².